The lowest BCUT2D eigenvalue weighted by Gasteiger charge is -2.50. The molecule has 6 atom stereocenters. The Hall–Kier alpha value is -3.44. The standard InChI is InChI=1S/C34H25BrCl3FN2O6/c1-15-3-6-19(13-24(15)36)40-29(43)21-10-9-20-22(26(21)30(40)44)14-33(37)31(45)41(18-7-4-17(39)5-8-18)32(46)34(33,38)27(20)16-11-23(35)28(42)25(12-16)47-2/h3-9,11-13,21-22,26-27,42H,10,14H2,1-2H3/t21-,22+,26-,27-,33+,34-/m0/s1. The molecule has 1 N–H and O–H groups in total. The third kappa shape index (κ3) is 4.37. The number of carbonyl (C=O) groups is 4. The molecule has 3 aromatic carbocycles. The van der Waals surface area contributed by atoms with Crippen LogP contribution in [0.5, 0.6) is 11.5 Å². The minimum absolute atomic E-state index is 0.0629. The third-order valence-electron chi connectivity index (χ3n) is 9.91. The first-order chi connectivity index (χ1) is 22.2. The fourth-order valence-corrected chi connectivity index (χ4v) is 9.23. The highest BCUT2D eigenvalue weighted by atomic mass is 79.9. The van der Waals surface area contributed by atoms with Gasteiger partial charge in [0.25, 0.3) is 11.8 Å². The molecule has 2 aliphatic heterocycles. The van der Waals surface area contributed by atoms with E-state index in [9.17, 15) is 28.7 Å². The monoisotopic (exact) mass is 760 g/mol. The van der Waals surface area contributed by atoms with Crippen molar-refractivity contribution in [2.45, 2.75) is 35.4 Å². The molecule has 8 nitrogen and oxygen atoms in total. The van der Waals surface area contributed by atoms with Gasteiger partial charge < -0.3 is 9.84 Å². The first-order valence-electron chi connectivity index (χ1n) is 14.7. The van der Waals surface area contributed by atoms with Crippen LogP contribution in [0.25, 0.3) is 0 Å². The number of imide groups is 2. The molecule has 2 heterocycles. The smallest absolute Gasteiger partial charge is 0.258 e. The number of hydrogen-bond acceptors (Lipinski definition) is 6. The highest BCUT2D eigenvalue weighted by Crippen LogP contribution is 2.66. The van der Waals surface area contributed by atoms with E-state index in [4.69, 9.17) is 39.5 Å². The van der Waals surface area contributed by atoms with Crippen molar-refractivity contribution in [3.05, 3.63) is 92.7 Å². The Kier molecular flexibility index (Phi) is 7.55. The summed E-state index contributed by atoms with van der Waals surface area (Å²) in [5, 5.41) is 11.0. The van der Waals surface area contributed by atoms with Crippen LogP contribution < -0.4 is 14.5 Å². The van der Waals surface area contributed by atoms with Gasteiger partial charge >= 0.3 is 0 Å². The number of amides is 4. The van der Waals surface area contributed by atoms with Crippen molar-refractivity contribution in [3.63, 3.8) is 0 Å². The first kappa shape index (κ1) is 32.1. The van der Waals surface area contributed by atoms with E-state index in [0.29, 0.717) is 21.8 Å². The van der Waals surface area contributed by atoms with Gasteiger partial charge in [0, 0.05) is 10.9 Å². The summed E-state index contributed by atoms with van der Waals surface area (Å²) in [6, 6.07) is 12.8. The van der Waals surface area contributed by atoms with Gasteiger partial charge in [-0.25, -0.2) is 14.2 Å². The predicted molar refractivity (Wildman–Crippen MR) is 178 cm³/mol. The van der Waals surface area contributed by atoms with Gasteiger partial charge in [-0.3, -0.25) is 19.2 Å². The molecule has 0 unspecified atom stereocenters. The Bertz CT molecular complexity index is 1960. The van der Waals surface area contributed by atoms with Crippen LogP contribution in [0.3, 0.4) is 0 Å². The topological polar surface area (TPSA) is 104 Å². The average molecular weight is 763 g/mol. The van der Waals surface area contributed by atoms with Gasteiger partial charge in [0.05, 0.1) is 34.8 Å². The average Bonchev–Trinajstić information content (AvgIpc) is 3.38. The van der Waals surface area contributed by atoms with Crippen LogP contribution in [0.2, 0.25) is 5.02 Å². The highest BCUT2D eigenvalue weighted by molar-refractivity contribution is 9.10. The number of fused-ring (bicyclic) bond motifs is 4. The van der Waals surface area contributed by atoms with E-state index in [-0.39, 0.29) is 34.5 Å². The van der Waals surface area contributed by atoms with Crippen molar-refractivity contribution in [3.8, 4) is 11.5 Å². The number of phenolic OH excluding ortho intramolecular Hbond substituents is 1. The number of alkyl halides is 2. The van der Waals surface area contributed by atoms with Crippen molar-refractivity contribution < 1.29 is 33.4 Å². The van der Waals surface area contributed by atoms with Crippen molar-refractivity contribution in [1.82, 2.24) is 0 Å². The summed E-state index contributed by atoms with van der Waals surface area (Å²) < 4.78 is 19.5. The number of carbonyl (C=O) groups excluding carboxylic acids is 4. The molecular weight excluding hydrogens is 738 g/mol. The molecule has 0 bridgehead atoms. The summed E-state index contributed by atoms with van der Waals surface area (Å²) in [4.78, 5) is 54.8. The van der Waals surface area contributed by atoms with E-state index in [1.807, 2.05) is 6.92 Å². The molecular formula is C34H25BrCl3FN2O6. The third-order valence-corrected chi connectivity index (χ3v) is 12.3. The van der Waals surface area contributed by atoms with Gasteiger partial charge in [-0.15, -0.1) is 23.2 Å². The number of rotatable bonds is 4. The molecule has 0 spiro atoms. The van der Waals surface area contributed by atoms with E-state index in [1.165, 1.54) is 25.3 Å². The maximum absolute atomic E-state index is 14.5. The van der Waals surface area contributed by atoms with Crippen molar-refractivity contribution in [1.29, 1.82) is 0 Å². The number of anilines is 2. The number of halogens is 5. The van der Waals surface area contributed by atoms with E-state index in [2.05, 4.69) is 15.9 Å². The van der Waals surface area contributed by atoms with E-state index >= 15 is 0 Å². The Balaban J connectivity index is 1.42. The molecule has 13 heteroatoms. The number of phenols is 1. The number of allylic oxidation sites excluding steroid dienone is 2. The fraction of sp³-hybridized carbons (Fsp3) is 0.294. The lowest BCUT2D eigenvalue weighted by Crippen LogP contribution is -2.60. The summed E-state index contributed by atoms with van der Waals surface area (Å²) in [5.74, 6) is -6.84. The van der Waals surface area contributed by atoms with Crippen molar-refractivity contribution in [2.24, 2.45) is 17.8 Å². The SMILES string of the molecule is COc1cc([C@H]2C3=CC[C@@H]4C(=O)N(c5ccc(C)c(Cl)c5)C(=O)[C@@H]4[C@@H]3C[C@@]3(Cl)C(=O)N(c4ccc(F)cc4)C(=O)[C@@]23Cl)cc(Br)c1O. The molecule has 7 rings (SSSR count). The van der Waals surface area contributed by atoms with Crippen LogP contribution in [-0.4, -0.2) is 45.6 Å². The van der Waals surface area contributed by atoms with E-state index < -0.39 is 62.9 Å². The second-order valence-corrected chi connectivity index (χ2v) is 14.8. The van der Waals surface area contributed by atoms with Crippen LogP contribution in [0, 0.1) is 30.5 Å². The molecule has 2 saturated heterocycles. The number of nitrogens with zero attached hydrogens (tertiary/aromatic N) is 2. The molecule has 3 aromatic rings. The molecule has 0 radical (unpaired) electrons. The first-order valence-corrected chi connectivity index (χ1v) is 16.6. The lowest BCUT2D eigenvalue weighted by atomic mass is 9.56. The largest absolute Gasteiger partial charge is 0.503 e. The van der Waals surface area contributed by atoms with Gasteiger partial charge in [0.15, 0.2) is 21.2 Å². The van der Waals surface area contributed by atoms with Crippen LogP contribution in [0.4, 0.5) is 15.8 Å². The van der Waals surface area contributed by atoms with Gasteiger partial charge in [-0.1, -0.05) is 29.3 Å². The molecule has 4 aliphatic rings. The number of methoxy groups -OCH3 is 1. The van der Waals surface area contributed by atoms with Gasteiger partial charge in [0.1, 0.15) is 5.82 Å². The number of aromatic hydroxyl groups is 1. The Morgan fingerprint density at radius 3 is 2.28 bits per heavy atom. The summed E-state index contributed by atoms with van der Waals surface area (Å²) in [5.41, 5.74) is 2.11. The minimum Gasteiger partial charge on any atom is -0.503 e. The maximum atomic E-state index is 14.5. The van der Waals surface area contributed by atoms with Gasteiger partial charge in [0.2, 0.25) is 11.8 Å². The molecule has 1 saturated carbocycles. The lowest BCUT2D eigenvalue weighted by molar-refractivity contribution is -0.125. The predicted octanol–water partition coefficient (Wildman–Crippen LogP) is 7.03. The number of aryl methyl sites for hydroxylation is 1. The Labute approximate surface area is 292 Å². The number of ether oxygens (including phenoxy) is 1. The maximum Gasteiger partial charge on any atom is 0.258 e. The van der Waals surface area contributed by atoms with E-state index in [1.54, 1.807) is 30.3 Å². The summed E-state index contributed by atoms with van der Waals surface area (Å²) in [6.07, 6.45) is 1.73. The molecule has 2 aliphatic carbocycles. The molecule has 4 amide bonds. The van der Waals surface area contributed by atoms with Gasteiger partial charge in [-0.05, 0) is 101 Å². The second kappa shape index (κ2) is 11.1. The molecule has 242 valence electrons. The Morgan fingerprint density at radius 2 is 1.62 bits per heavy atom. The fourth-order valence-electron chi connectivity index (χ4n) is 7.66. The Morgan fingerprint density at radius 1 is 0.936 bits per heavy atom. The summed E-state index contributed by atoms with van der Waals surface area (Å²) in [7, 11) is 1.36. The molecule has 3 fully saturated rings. The highest BCUT2D eigenvalue weighted by Gasteiger charge is 2.76. The normalized spacial score (nSPS) is 29.9. The summed E-state index contributed by atoms with van der Waals surface area (Å²) in [6.45, 7) is 1.81. The minimum atomic E-state index is -2.13. The zero-order valence-corrected chi connectivity index (χ0v) is 28.6. The second-order valence-electron chi connectivity index (χ2n) is 12.2. The van der Waals surface area contributed by atoms with E-state index in [0.717, 1.165) is 27.5 Å². The molecule has 0 aromatic heterocycles. The van der Waals surface area contributed by atoms with Gasteiger partial charge in [-0.2, -0.15) is 0 Å². The van der Waals surface area contributed by atoms with Crippen LogP contribution in [-0.2, 0) is 19.2 Å². The van der Waals surface area contributed by atoms with Crippen LogP contribution in [0.1, 0.15) is 29.9 Å². The number of benzene rings is 3. The quantitative estimate of drug-likeness (QED) is 0.174. The van der Waals surface area contributed by atoms with Crippen LogP contribution >= 0.6 is 50.7 Å². The molecule has 47 heavy (non-hydrogen) atoms. The van der Waals surface area contributed by atoms with Crippen molar-refractivity contribution >= 4 is 85.7 Å². The zero-order valence-electron chi connectivity index (χ0n) is 24.8. The zero-order chi connectivity index (χ0) is 33.7. The van der Waals surface area contributed by atoms with Crippen molar-refractivity contribution in [2.75, 3.05) is 16.9 Å². The number of hydrogen-bond donors (Lipinski definition) is 1. The summed E-state index contributed by atoms with van der Waals surface area (Å²) >= 11 is 24.5. The van der Waals surface area contributed by atoms with Crippen LogP contribution in [0.15, 0.2) is 70.7 Å².